The van der Waals surface area contributed by atoms with Crippen LogP contribution in [0.1, 0.15) is 5.56 Å². The predicted octanol–water partition coefficient (Wildman–Crippen LogP) is 2.53. The van der Waals surface area contributed by atoms with Crippen LogP contribution in [-0.2, 0) is 11.3 Å². The number of benzene rings is 1. The number of rotatable bonds is 6. The van der Waals surface area contributed by atoms with Gasteiger partial charge in [0.1, 0.15) is 6.61 Å². The highest BCUT2D eigenvalue weighted by atomic mass is 35.5. The molecule has 0 atom stereocenters. The normalized spacial score (nSPS) is 9.94. The molecule has 0 aromatic heterocycles. The summed E-state index contributed by atoms with van der Waals surface area (Å²) < 4.78 is 5.18. The minimum absolute atomic E-state index is 0.440. The molecule has 0 saturated heterocycles. The van der Waals surface area contributed by atoms with Crippen molar-refractivity contribution < 1.29 is 4.74 Å². The van der Waals surface area contributed by atoms with Crippen molar-refractivity contribution in [1.29, 1.82) is 0 Å². The van der Waals surface area contributed by atoms with Crippen molar-refractivity contribution in [3.63, 3.8) is 0 Å². The maximum absolute atomic E-state index is 6.02. The first-order valence-corrected chi connectivity index (χ1v) is 5.59. The lowest BCUT2D eigenvalue weighted by Crippen LogP contribution is -2.17. The molecule has 0 aliphatic heterocycles. The molecule has 88 valence electrons. The Kier molecular flexibility index (Phi) is 5.46. The van der Waals surface area contributed by atoms with E-state index in [9.17, 15) is 0 Å². The van der Waals surface area contributed by atoms with E-state index in [2.05, 4.69) is 11.9 Å². The van der Waals surface area contributed by atoms with Crippen LogP contribution in [0.15, 0.2) is 30.7 Å². The molecule has 0 spiro atoms. The summed E-state index contributed by atoms with van der Waals surface area (Å²) in [5.41, 5.74) is 6.19. The standard InChI is InChI=1S/C11H14Cl2N2O/c1-8(16-6-5-14)15-7-9-3-2-4-10(12)11(9)13/h2-4,15H,1,5-7,14H2. The first-order chi connectivity index (χ1) is 7.65. The van der Waals surface area contributed by atoms with Crippen LogP contribution >= 0.6 is 23.2 Å². The van der Waals surface area contributed by atoms with Crippen LogP contribution in [0, 0.1) is 0 Å². The quantitative estimate of drug-likeness (QED) is 0.773. The van der Waals surface area contributed by atoms with Crippen molar-refractivity contribution >= 4 is 23.2 Å². The highest BCUT2D eigenvalue weighted by Gasteiger charge is 2.04. The van der Waals surface area contributed by atoms with Gasteiger partial charge in [-0.25, -0.2) is 0 Å². The Balaban J connectivity index is 2.48. The average Bonchev–Trinajstić information content (AvgIpc) is 2.28. The molecule has 3 N–H and O–H groups in total. The van der Waals surface area contributed by atoms with Crippen LogP contribution in [0.5, 0.6) is 0 Å². The Morgan fingerprint density at radius 1 is 1.44 bits per heavy atom. The van der Waals surface area contributed by atoms with Gasteiger partial charge in [-0.3, -0.25) is 0 Å². The maximum Gasteiger partial charge on any atom is 0.179 e. The van der Waals surface area contributed by atoms with Gasteiger partial charge in [0.2, 0.25) is 0 Å². The summed E-state index contributed by atoms with van der Waals surface area (Å²) >= 11 is 11.9. The Bertz CT molecular complexity index is 369. The van der Waals surface area contributed by atoms with Gasteiger partial charge in [0, 0.05) is 13.1 Å². The minimum Gasteiger partial charge on any atom is -0.478 e. The van der Waals surface area contributed by atoms with E-state index in [0.717, 1.165) is 5.56 Å². The molecule has 0 aliphatic carbocycles. The van der Waals surface area contributed by atoms with Gasteiger partial charge >= 0.3 is 0 Å². The van der Waals surface area contributed by atoms with Crippen LogP contribution in [0.3, 0.4) is 0 Å². The smallest absolute Gasteiger partial charge is 0.179 e. The zero-order chi connectivity index (χ0) is 12.0. The van der Waals surface area contributed by atoms with E-state index in [1.165, 1.54) is 0 Å². The molecular weight excluding hydrogens is 247 g/mol. The summed E-state index contributed by atoms with van der Waals surface area (Å²) in [6.07, 6.45) is 0. The van der Waals surface area contributed by atoms with E-state index in [-0.39, 0.29) is 0 Å². The monoisotopic (exact) mass is 260 g/mol. The minimum atomic E-state index is 0.440. The van der Waals surface area contributed by atoms with Crippen molar-refractivity contribution in [3.8, 4) is 0 Å². The lowest BCUT2D eigenvalue weighted by atomic mass is 10.2. The van der Waals surface area contributed by atoms with Crippen LogP contribution in [0.4, 0.5) is 0 Å². The number of ether oxygens (including phenoxy) is 1. The summed E-state index contributed by atoms with van der Waals surface area (Å²) in [7, 11) is 0. The molecule has 3 nitrogen and oxygen atoms in total. The predicted molar refractivity (Wildman–Crippen MR) is 67.4 cm³/mol. The number of hydrogen-bond donors (Lipinski definition) is 2. The molecule has 0 amide bonds. The van der Waals surface area contributed by atoms with Gasteiger partial charge in [-0.2, -0.15) is 0 Å². The Morgan fingerprint density at radius 3 is 2.88 bits per heavy atom. The van der Waals surface area contributed by atoms with Crippen molar-refractivity contribution in [2.24, 2.45) is 5.73 Å². The maximum atomic E-state index is 6.02. The summed E-state index contributed by atoms with van der Waals surface area (Å²) in [4.78, 5) is 0. The molecule has 0 unspecified atom stereocenters. The van der Waals surface area contributed by atoms with Gasteiger partial charge in [-0.05, 0) is 18.2 Å². The lowest BCUT2D eigenvalue weighted by Gasteiger charge is -2.11. The van der Waals surface area contributed by atoms with E-state index < -0.39 is 0 Å². The second kappa shape index (κ2) is 6.63. The summed E-state index contributed by atoms with van der Waals surface area (Å²) in [6.45, 7) is 5.11. The van der Waals surface area contributed by atoms with Crippen molar-refractivity contribution in [2.45, 2.75) is 6.54 Å². The summed E-state index contributed by atoms with van der Waals surface area (Å²) in [6, 6.07) is 5.47. The Morgan fingerprint density at radius 2 is 2.19 bits per heavy atom. The Labute approximate surface area is 105 Å². The van der Waals surface area contributed by atoms with E-state index in [1.54, 1.807) is 6.07 Å². The number of nitrogens with two attached hydrogens (primary N) is 1. The number of nitrogens with one attached hydrogen (secondary N) is 1. The molecule has 1 aromatic carbocycles. The largest absolute Gasteiger partial charge is 0.478 e. The third-order valence-electron chi connectivity index (χ3n) is 1.90. The molecule has 16 heavy (non-hydrogen) atoms. The van der Waals surface area contributed by atoms with E-state index in [1.807, 2.05) is 12.1 Å². The SMILES string of the molecule is C=C(NCc1cccc(Cl)c1Cl)OCCN. The summed E-state index contributed by atoms with van der Waals surface area (Å²) in [5, 5.41) is 4.07. The van der Waals surface area contributed by atoms with Gasteiger partial charge in [-0.15, -0.1) is 0 Å². The zero-order valence-electron chi connectivity index (χ0n) is 8.80. The van der Waals surface area contributed by atoms with Gasteiger partial charge < -0.3 is 15.8 Å². The van der Waals surface area contributed by atoms with Crippen LogP contribution in [-0.4, -0.2) is 13.2 Å². The fraction of sp³-hybridized carbons (Fsp3) is 0.273. The molecule has 1 aromatic rings. The molecule has 1 rings (SSSR count). The molecular formula is C11H14Cl2N2O. The molecule has 0 saturated carbocycles. The number of halogens is 2. The highest BCUT2D eigenvalue weighted by Crippen LogP contribution is 2.25. The average molecular weight is 261 g/mol. The fourth-order valence-corrected chi connectivity index (χ4v) is 1.50. The van der Waals surface area contributed by atoms with E-state index >= 15 is 0 Å². The van der Waals surface area contributed by atoms with E-state index in [0.29, 0.717) is 35.6 Å². The first kappa shape index (κ1) is 13.2. The lowest BCUT2D eigenvalue weighted by molar-refractivity contribution is 0.199. The van der Waals surface area contributed by atoms with Crippen LogP contribution in [0.25, 0.3) is 0 Å². The van der Waals surface area contributed by atoms with Gasteiger partial charge in [-0.1, -0.05) is 35.3 Å². The van der Waals surface area contributed by atoms with Gasteiger partial charge in [0.05, 0.1) is 10.0 Å². The van der Waals surface area contributed by atoms with Gasteiger partial charge in [0.25, 0.3) is 0 Å². The summed E-state index contributed by atoms with van der Waals surface area (Å²) in [5.74, 6) is 0.474. The third-order valence-corrected chi connectivity index (χ3v) is 2.76. The second-order valence-electron chi connectivity index (χ2n) is 3.13. The Hall–Kier alpha value is -0.900. The topological polar surface area (TPSA) is 47.3 Å². The molecule has 0 heterocycles. The van der Waals surface area contributed by atoms with Crippen LogP contribution in [0.2, 0.25) is 10.0 Å². The highest BCUT2D eigenvalue weighted by molar-refractivity contribution is 6.42. The van der Waals surface area contributed by atoms with Crippen molar-refractivity contribution in [2.75, 3.05) is 13.2 Å². The van der Waals surface area contributed by atoms with Gasteiger partial charge in [0.15, 0.2) is 5.88 Å². The molecule has 5 heteroatoms. The second-order valence-corrected chi connectivity index (χ2v) is 3.91. The van der Waals surface area contributed by atoms with Crippen molar-refractivity contribution in [3.05, 3.63) is 46.3 Å². The van der Waals surface area contributed by atoms with E-state index in [4.69, 9.17) is 33.7 Å². The number of hydrogen-bond acceptors (Lipinski definition) is 3. The fourth-order valence-electron chi connectivity index (χ4n) is 1.11. The third kappa shape index (κ3) is 3.93. The first-order valence-electron chi connectivity index (χ1n) is 4.83. The molecule has 0 fully saturated rings. The zero-order valence-corrected chi connectivity index (χ0v) is 10.3. The molecule has 0 aliphatic rings. The molecule has 0 bridgehead atoms. The molecule has 0 radical (unpaired) electrons. The van der Waals surface area contributed by atoms with Crippen LogP contribution < -0.4 is 11.1 Å². The van der Waals surface area contributed by atoms with Crippen molar-refractivity contribution in [1.82, 2.24) is 5.32 Å².